The summed E-state index contributed by atoms with van der Waals surface area (Å²) in [6.45, 7) is 4.20. The molecule has 0 bridgehead atoms. The zero-order valence-electron chi connectivity index (χ0n) is 12.0. The third kappa shape index (κ3) is 3.08. The van der Waals surface area contributed by atoms with Gasteiger partial charge in [-0.15, -0.1) is 0 Å². The van der Waals surface area contributed by atoms with E-state index in [0.717, 1.165) is 12.8 Å². The van der Waals surface area contributed by atoms with Crippen molar-refractivity contribution in [2.75, 3.05) is 14.1 Å². The maximum Gasteiger partial charge on any atom is 0.123 e. The van der Waals surface area contributed by atoms with Crippen LogP contribution in [0.3, 0.4) is 0 Å². The first-order chi connectivity index (χ1) is 8.92. The maximum atomic E-state index is 13.5. The van der Waals surface area contributed by atoms with Gasteiger partial charge in [0.25, 0.3) is 0 Å². The lowest BCUT2D eigenvalue weighted by atomic mass is 9.80. The molecule has 5 heteroatoms. The van der Waals surface area contributed by atoms with Gasteiger partial charge in [0.05, 0.1) is 6.04 Å². The van der Waals surface area contributed by atoms with Crippen LogP contribution in [0.5, 0.6) is 0 Å². The van der Waals surface area contributed by atoms with Gasteiger partial charge in [0, 0.05) is 10.6 Å². The first kappa shape index (κ1) is 16.4. The monoisotopic (exact) mass is 287 g/mol. The molecule has 0 heterocycles. The Morgan fingerprint density at radius 1 is 1.37 bits per heavy atom. The van der Waals surface area contributed by atoms with Crippen LogP contribution < -0.4 is 11.3 Å². The standard InChI is InChI=1S/C14H23ClFN3/c1-5-14(6-2,19(3)4)13(18-17)11-9-10(16)7-8-12(11)15/h7-9,13,18H,5-6,17H2,1-4H3. The molecule has 0 saturated heterocycles. The highest BCUT2D eigenvalue weighted by atomic mass is 35.5. The molecule has 3 N–H and O–H groups in total. The van der Waals surface area contributed by atoms with E-state index in [4.69, 9.17) is 17.4 Å². The van der Waals surface area contributed by atoms with Crippen LogP contribution >= 0.6 is 11.6 Å². The molecule has 0 aliphatic heterocycles. The smallest absolute Gasteiger partial charge is 0.123 e. The Hall–Kier alpha value is -0.680. The molecule has 19 heavy (non-hydrogen) atoms. The Morgan fingerprint density at radius 3 is 2.37 bits per heavy atom. The van der Waals surface area contributed by atoms with E-state index in [1.54, 1.807) is 6.07 Å². The molecule has 0 spiro atoms. The minimum atomic E-state index is -0.306. The van der Waals surface area contributed by atoms with E-state index in [-0.39, 0.29) is 17.4 Å². The maximum absolute atomic E-state index is 13.5. The number of hydrogen-bond donors (Lipinski definition) is 2. The Bertz CT molecular complexity index is 419. The van der Waals surface area contributed by atoms with Crippen molar-refractivity contribution in [2.45, 2.75) is 38.3 Å². The molecule has 0 aromatic heterocycles. The quantitative estimate of drug-likeness (QED) is 0.624. The van der Waals surface area contributed by atoms with Crippen molar-refractivity contribution in [2.24, 2.45) is 5.84 Å². The molecule has 1 aromatic carbocycles. The molecule has 3 nitrogen and oxygen atoms in total. The van der Waals surface area contributed by atoms with E-state index in [0.29, 0.717) is 10.6 Å². The van der Waals surface area contributed by atoms with Gasteiger partial charge in [-0.2, -0.15) is 0 Å². The van der Waals surface area contributed by atoms with E-state index < -0.39 is 0 Å². The van der Waals surface area contributed by atoms with Gasteiger partial charge in [-0.05, 0) is 50.7 Å². The normalized spacial score (nSPS) is 13.9. The van der Waals surface area contributed by atoms with E-state index in [2.05, 4.69) is 24.2 Å². The minimum Gasteiger partial charge on any atom is -0.302 e. The fourth-order valence-electron chi connectivity index (χ4n) is 2.82. The van der Waals surface area contributed by atoms with Gasteiger partial charge in [-0.25, -0.2) is 4.39 Å². The summed E-state index contributed by atoms with van der Waals surface area (Å²) in [4.78, 5) is 2.12. The highest BCUT2D eigenvalue weighted by molar-refractivity contribution is 6.31. The van der Waals surface area contributed by atoms with E-state index >= 15 is 0 Å². The minimum absolute atomic E-state index is 0.216. The lowest BCUT2D eigenvalue weighted by molar-refractivity contribution is 0.0881. The summed E-state index contributed by atoms with van der Waals surface area (Å²) in [5.41, 5.74) is 3.30. The second-order valence-corrected chi connectivity index (χ2v) is 5.38. The average Bonchev–Trinajstić information content (AvgIpc) is 2.39. The predicted octanol–water partition coefficient (Wildman–Crippen LogP) is 3.10. The van der Waals surface area contributed by atoms with Crippen LogP contribution in [-0.2, 0) is 0 Å². The molecule has 1 aromatic rings. The fourth-order valence-corrected chi connectivity index (χ4v) is 3.05. The van der Waals surface area contributed by atoms with Crippen molar-refractivity contribution in [3.63, 3.8) is 0 Å². The van der Waals surface area contributed by atoms with Crippen molar-refractivity contribution in [3.8, 4) is 0 Å². The number of nitrogens with zero attached hydrogens (tertiary/aromatic N) is 1. The van der Waals surface area contributed by atoms with Gasteiger partial charge in [-0.3, -0.25) is 11.3 Å². The lowest BCUT2D eigenvalue weighted by Gasteiger charge is -2.45. The van der Waals surface area contributed by atoms with Crippen molar-refractivity contribution < 1.29 is 4.39 Å². The van der Waals surface area contributed by atoms with Crippen LogP contribution in [0.4, 0.5) is 4.39 Å². The van der Waals surface area contributed by atoms with Crippen molar-refractivity contribution in [1.82, 2.24) is 10.3 Å². The summed E-state index contributed by atoms with van der Waals surface area (Å²) in [5, 5.41) is 0.525. The Balaban J connectivity index is 3.35. The van der Waals surface area contributed by atoms with E-state index in [9.17, 15) is 4.39 Å². The summed E-state index contributed by atoms with van der Waals surface area (Å²) in [6, 6.07) is 4.15. The van der Waals surface area contributed by atoms with Gasteiger partial charge >= 0.3 is 0 Å². The van der Waals surface area contributed by atoms with Gasteiger partial charge in [0.15, 0.2) is 0 Å². The molecular weight excluding hydrogens is 265 g/mol. The predicted molar refractivity (Wildman–Crippen MR) is 78.5 cm³/mol. The van der Waals surface area contributed by atoms with Gasteiger partial charge in [0.1, 0.15) is 5.82 Å². The molecule has 1 rings (SSSR count). The molecular formula is C14H23ClFN3. The summed E-state index contributed by atoms with van der Waals surface area (Å²) in [6.07, 6.45) is 1.75. The number of hydrazine groups is 1. The largest absolute Gasteiger partial charge is 0.302 e. The summed E-state index contributed by atoms with van der Waals surface area (Å²) in [5.74, 6) is 5.44. The summed E-state index contributed by atoms with van der Waals surface area (Å²) < 4.78 is 13.5. The van der Waals surface area contributed by atoms with Crippen molar-refractivity contribution >= 4 is 11.6 Å². The molecule has 0 aliphatic carbocycles. The molecule has 0 saturated carbocycles. The van der Waals surface area contributed by atoms with E-state index in [1.165, 1.54) is 12.1 Å². The number of nitrogens with two attached hydrogens (primary N) is 1. The zero-order valence-corrected chi connectivity index (χ0v) is 12.8. The third-order valence-corrected chi connectivity index (χ3v) is 4.43. The second kappa shape index (κ2) is 6.66. The molecule has 1 atom stereocenters. The van der Waals surface area contributed by atoms with Crippen LogP contribution in [0, 0.1) is 5.82 Å². The second-order valence-electron chi connectivity index (χ2n) is 4.97. The first-order valence-corrected chi connectivity index (χ1v) is 6.89. The highest BCUT2D eigenvalue weighted by Crippen LogP contribution is 2.38. The van der Waals surface area contributed by atoms with Crippen LogP contribution in [0.1, 0.15) is 38.3 Å². The van der Waals surface area contributed by atoms with Crippen molar-refractivity contribution in [3.05, 3.63) is 34.6 Å². The number of likely N-dealkylation sites (N-methyl/N-ethyl adjacent to an activating group) is 1. The average molecular weight is 288 g/mol. The van der Waals surface area contributed by atoms with Crippen LogP contribution in [0.2, 0.25) is 5.02 Å². The molecule has 0 aliphatic rings. The number of benzene rings is 1. The van der Waals surface area contributed by atoms with Crippen molar-refractivity contribution in [1.29, 1.82) is 0 Å². The van der Waals surface area contributed by atoms with Crippen LogP contribution in [0.25, 0.3) is 0 Å². The lowest BCUT2D eigenvalue weighted by Crippen LogP contribution is -2.54. The van der Waals surface area contributed by atoms with Crippen LogP contribution in [-0.4, -0.2) is 24.5 Å². The van der Waals surface area contributed by atoms with E-state index in [1.807, 2.05) is 14.1 Å². The number of rotatable bonds is 6. The molecule has 0 fully saturated rings. The molecule has 0 amide bonds. The first-order valence-electron chi connectivity index (χ1n) is 6.51. The molecule has 108 valence electrons. The van der Waals surface area contributed by atoms with Gasteiger partial charge < -0.3 is 4.90 Å². The summed E-state index contributed by atoms with van der Waals surface area (Å²) in [7, 11) is 4.01. The summed E-state index contributed by atoms with van der Waals surface area (Å²) >= 11 is 6.21. The molecule has 1 unspecified atom stereocenters. The highest BCUT2D eigenvalue weighted by Gasteiger charge is 2.39. The Labute approximate surface area is 119 Å². The Kier molecular flexibility index (Phi) is 5.74. The van der Waals surface area contributed by atoms with Gasteiger partial charge in [-0.1, -0.05) is 25.4 Å². The van der Waals surface area contributed by atoms with Crippen LogP contribution in [0.15, 0.2) is 18.2 Å². The molecule has 0 radical (unpaired) electrons. The zero-order chi connectivity index (χ0) is 14.6. The number of nitrogens with one attached hydrogen (secondary N) is 1. The van der Waals surface area contributed by atoms with Gasteiger partial charge in [0.2, 0.25) is 0 Å². The SMILES string of the molecule is CCC(CC)(C(NN)c1cc(F)ccc1Cl)N(C)C. The number of hydrogen-bond acceptors (Lipinski definition) is 3. The topological polar surface area (TPSA) is 41.3 Å². The fraction of sp³-hybridized carbons (Fsp3) is 0.571. The third-order valence-electron chi connectivity index (χ3n) is 4.09. The number of halogens is 2. The Morgan fingerprint density at radius 2 is 1.95 bits per heavy atom.